The number of carbonyl (C=O) groups is 2. The van der Waals surface area contributed by atoms with Gasteiger partial charge in [-0.15, -0.1) is 0 Å². The molecule has 9 nitrogen and oxygen atoms in total. The number of carboxylic acid groups (broad SMARTS) is 1. The first-order chi connectivity index (χ1) is 17.2. The molecule has 36 heavy (non-hydrogen) atoms. The van der Waals surface area contributed by atoms with Crippen LogP contribution in [0.25, 0.3) is 16.8 Å². The van der Waals surface area contributed by atoms with Gasteiger partial charge in [0.25, 0.3) is 0 Å². The lowest BCUT2D eigenvalue weighted by atomic mass is 9.93. The molecule has 3 aromatic heterocycles. The summed E-state index contributed by atoms with van der Waals surface area (Å²) < 4.78 is 39.0. The number of carbonyl (C=O) groups excluding carboxylic acids is 1. The van der Waals surface area contributed by atoms with Gasteiger partial charge in [-0.3, -0.25) is 9.78 Å². The van der Waals surface area contributed by atoms with Crippen molar-refractivity contribution in [3.63, 3.8) is 0 Å². The van der Waals surface area contributed by atoms with E-state index < -0.39 is 12.1 Å². The molecule has 0 aliphatic carbocycles. The number of likely N-dealkylation sites (tertiary alicyclic amines) is 1. The van der Waals surface area contributed by atoms with Gasteiger partial charge in [0.2, 0.25) is 5.91 Å². The standard InChI is InChI=1S/C22H25N5O2.C2HF3O2/c28-22(18-7-13-29-14-8-18)26-11-5-17(6-12-26)21-24-20-2-1-19(15-27(20)25-21)16-3-9-23-10-4-16;3-2(4,5)1(6)7/h1-4,9-10,15,17-18H,5-8,11-14H2;(H,6,7). The summed E-state index contributed by atoms with van der Waals surface area (Å²) in [5.74, 6) is -1.13. The number of piperidine rings is 1. The second-order valence-corrected chi connectivity index (χ2v) is 8.72. The molecular formula is C24H26F3N5O4. The first-order valence-corrected chi connectivity index (χ1v) is 11.7. The lowest BCUT2D eigenvalue weighted by Gasteiger charge is -2.34. The highest BCUT2D eigenvalue weighted by Crippen LogP contribution is 2.29. The number of nitrogens with zero attached hydrogens (tertiary/aromatic N) is 5. The molecule has 12 heteroatoms. The van der Waals surface area contributed by atoms with E-state index in [1.807, 2.05) is 33.8 Å². The number of aromatic nitrogens is 4. The molecule has 1 amide bonds. The van der Waals surface area contributed by atoms with E-state index in [-0.39, 0.29) is 5.92 Å². The average molecular weight is 505 g/mol. The number of carboxylic acids is 1. The molecule has 3 aromatic rings. The number of halogens is 3. The zero-order valence-electron chi connectivity index (χ0n) is 19.4. The zero-order chi connectivity index (χ0) is 25.7. The molecule has 0 aromatic carbocycles. The smallest absolute Gasteiger partial charge is 0.475 e. The number of hydrogen-bond donors (Lipinski definition) is 1. The molecule has 0 saturated carbocycles. The third kappa shape index (κ3) is 6.17. The number of fused-ring (bicyclic) bond motifs is 1. The Bertz CT molecular complexity index is 1190. The van der Waals surface area contributed by atoms with Crippen molar-refractivity contribution in [2.24, 2.45) is 5.92 Å². The summed E-state index contributed by atoms with van der Waals surface area (Å²) in [6.07, 6.45) is 4.07. The molecule has 2 aliphatic heterocycles. The van der Waals surface area contributed by atoms with Gasteiger partial charge < -0.3 is 14.7 Å². The van der Waals surface area contributed by atoms with Crippen LogP contribution in [0.4, 0.5) is 13.2 Å². The van der Waals surface area contributed by atoms with Gasteiger partial charge in [0.15, 0.2) is 11.5 Å². The molecule has 5 rings (SSSR count). The van der Waals surface area contributed by atoms with Gasteiger partial charge in [0, 0.05) is 62.3 Å². The van der Waals surface area contributed by atoms with Crippen LogP contribution in [0.3, 0.4) is 0 Å². The highest BCUT2D eigenvalue weighted by atomic mass is 19.4. The van der Waals surface area contributed by atoms with Crippen molar-refractivity contribution in [3.8, 4) is 11.1 Å². The van der Waals surface area contributed by atoms with Gasteiger partial charge >= 0.3 is 12.1 Å². The molecule has 2 aliphatic rings. The fraction of sp³-hybridized carbons (Fsp3) is 0.458. The second kappa shape index (κ2) is 11.0. The van der Waals surface area contributed by atoms with Crippen LogP contribution < -0.4 is 0 Å². The summed E-state index contributed by atoms with van der Waals surface area (Å²) in [7, 11) is 0. The first-order valence-electron chi connectivity index (χ1n) is 11.7. The Hall–Kier alpha value is -3.54. The topological polar surface area (TPSA) is 110 Å². The van der Waals surface area contributed by atoms with Crippen LogP contribution in [-0.4, -0.2) is 73.9 Å². The SMILES string of the molecule is O=C(C1CCOCC1)N1CCC(c2nc3ccc(-c4ccncc4)cn3n2)CC1.O=C(O)C(F)(F)F. The maximum atomic E-state index is 12.7. The lowest BCUT2D eigenvalue weighted by molar-refractivity contribution is -0.192. The summed E-state index contributed by atoms with van der Waals surface area (Å²) in [5, 5.41) is 11.9. The van der Waals surface area contributed by atoms with Crippen LogP contribution >= 0.6 is 0 Å². The zero-order valence-corrected chi connectivity index (χ0v) is 19.4. The molecule has 5 heterocycles. The minimum atomic E-state index is -5.08. The van der Waals surface area contributed by atoms with Crippen molar-refractivity contribution in [3.05, 3.63) is 48.7 Å². The van der Waals surface area contributed by atoms with E-state index in [1.165, 1.54) is 0 Å². The number of amides is 1. The molecule has 2 saturated heterocycles. The maximum absolute atomic E-state index is 12.7. The summed E-state index contributed by atoms with van der Waals surface area (Å²) in [6, 6.07) is 8.06. The lowest BCUT2D eigenvalue weighted by Crippen LogP contribution is -2.42. The average Bonchev–Trinajstić information content (AvgIpc) is 3.33. The minimum absolute atomic E-state index is 0.139. The molecule has 1 N–H and O–H groups in total. The number of ether oxygens (including phenoxy) is 1. The van der Waals surface area contributed by atoms with Gasteiger partial charge in [0.05, 0.1) is 0 Å². The van der Waals surface area contributed by atoms with E-state index in [0.29, 0.717) is 25.0 Å². The number of aliphatic carboxylic acids is 1. The highest BCUT2D eigenvalue weighted by molar-refractivity contribution is 5.79. The van der Waals surface area contributed by atoms with Crippen molar-refractivity contribution in [2.45, 2.75) is 37.8 Å². The Balaban J connectivity index is 0.000000384. The predicted molar refractivity (Wildman–Crippen MR) is 122 cm³/mol. The van der Waals surface area contributed by atoms with E-state index in [2.05, 4.69) is 11.1 Å². The maximum Gasteiger partial charge on any atom is 0.490 e. The fourth-order valence-electron chi connectivity index (χ4n) is 4.35. The fourth-order valence-corrected chi connectivity index (χ4v) is 4.35. The van der Waals surface area contributed by atoms with Crippen molar-refractivity contribution in [2.75, 3.05) is 26.3 Å². The summed E-state index contributed by atoms with van der Waals surface area (Å²) >= 11 is 0. The quantitative estimate of drug-likeness (QED) is 0.580. The van der Waals surface area contributed by atoms with Crippen molar-refractivity contribution < 1.29 is 32.6 Å². The summed E-state index contributed by atoms with van der Waals surface area (Å²) in [5.41, 5.74) is 3.06. The predicted octanol–water partition coefficient (Wildman–Crippen LogP) is 3.56. The van der Waals surface area contributed by atoms with E-state index in [9.17, 15) is 18.0 Å². The largest absolute Gasteiger partial charge is 0.490 e. The van der Waals surface area contributed by atoms with Crippen LogP contribution in [0.1, 0.15) is 37.4 Å². The van der Waals surface area contributed by atoms with E-state index in [4.69, 9.17) is 24.7 Å². The van der Waals surface area contributed by atoms with Gasteiger partial charge in [-0.05, 0) is 55.5 Å². The van der Waals surface area contributed by atoms with Crippen LogP contribution in [0.15, 0.2) is 42.9 Å². The second-order valence-electron chi connectivity index (χ2n) is 8.72. The van der Waals surface area contributed by atoms with Crippen LogP contribution in [0.2, 0.25) is 0 Å². The Kier molecular flexibility index (Phi) is 7.82. The van der Waals surface area contributed by atoms with Crippen molar-refractivity contribution in [1.82, 2.24) is 24.5 Å². The Labute approximate surface area is 204 Å². The molecule has 0 unspecified atom stereocenters. The Morgan fingerprint density at radius 3 is 2.22 bits per heavy atom. The third-order valence-electron chi connectivity index (χ3n) is 6.35. The van der Waals surface area contributed by atoms with Crippen LogP contribution in [0.5, 0.6) is 0 Å². The third-order valence-corrected chi connectivity index (χ3v) is 6.35. The number of rotatable bonds is 3. The summed E-state index contributed by atoms with van der Waals surface area (Å²) in [6.45, 7) is 3.00. The number of hydrogen-bond acceptors (Lipinski definition) is 6. The van der Waals surface area contributed by atoms with Gasteiger partial charge in [0.1, 0.15) is 0 Å². The first kappa shape index (κ1) is 25.5. The minimum Gasteiger partial charge on any atom is -0.475 e. The monoisotopic (exact) mass is 505 g/mol. The van der Waals surface area contributed by atoms with Gasteiger partial charge in [-0.2, -0.15) is 18.3 Å². The highest BCUT2D eigenvalue weighted by Gasteiger charge is 2.38. The van der Waals surface area contributed by atoms with E-state index in [0.717, 1.165) is 61.4 Å². The molecule has 0 bridgehead atoms. The number of alkyl halides is 3. The van der Waals surface area contributed by atoms with E-state index >= 15 is 0 Å². The summed E-state index contributed by atoms with van der Waals surface area (Å²) in [4.78, 5) is 32.5. The molecular weight excluding hydrogens is 479 g/mol. The molecule has 0 spiro atoms. The van der Waals surface area contributed by atoms with Crippen molar-refractivity contribution in [1.29, 1.82) is 0 Å². The molecule has 192 valence electrons. The van der Waals surface area contributed by atoms with Gasteiger partial charge in [-0.1, -0.05) is 0 Å². The molecule has 0 atom stereocenters. The van der Waals surface area contributed by atoms with Gasteiger partial charge in [-0.25, -0.2) is 14.3 Å². The van der Waals surface area contributed by atoms with E-state index in [1.54, 1.807) is 12.4 Å². The van der Waals surface area contributed by atoms with Crippen LogP contribution in [0, 0.1) is 5.92 Å². The molecule has 0 radical (unpaired) electrons. The van der Waals surface area contributed by atoms with Crippen molar-refractivity contribution >= 4 is 17.5 Å². The normalized spacial score (nSPS) is 17.5. The Morgan fingerprint density at radius 1 is 0.972 bits per heavy atom. The Morgan fingerprint density at radius 2 is 1.61 bits per heavy atom. The van der Waals surface area contributed by atoms with Crippen LogP contribution in [-0.2, 0) is 14.3 Å². The molecule has 2 fully saturated rings. The number of pyridine rings is 2.